The van der Waals surface area contributed by atoms with E-state index in [0.29, 0.717) is 12.1 Å². The standard InChI is InChI=1S/C14H9F5N2O2/c15-9-5-7(6-10(16)12(9)22)20-13(23)21-11-4-2-1-3-8(11)14(17,18)19/h1-6,22H,(H2,20,21,23). The van der Waals surface area contributed by atoms with Crippen molar-refractivity contribution >= 4 is 17.4 Å². The van der Waals surface area contributed by atoms with E-state index in [1.807, 2.05) is 10.6 Å². The molecule has 0 spiro atoms. The Morgan fingerprint density at radius 3 is 2.13 bits per heavy atom. The van der Waals surface area contributed by atoms with E-state index in [2.05, 4.69) is 0 Å². The summed E-state index contributed by atoms with van der Waals surface area (Å²) in [5, 5.41) is 12.8. The number of aromatic hydroxyl groups is 1. The number of phenols is 1. The van der Waals surface area contributed by atoms with E-state index < -0.39 is 40.8 Å². The summed E-state index contributed by atoms with van der Waals surface area (Å²) in [7, 11) is 0. The number of hydrogen-bond donors (Lipinski definition) is 3. The van der Waals surface area contributed by atoms with Crippen molar-refractivity contribution in [2.75, 3.05) is 10.6 Å². The third-order valence-electron chi connectivity index (χ3n) is 2.76. The molecule has 0 aliphatic heterocycles. The number of phenolic OH excluding ortho intramolecular Hbond substituents is 1. The molecule has 2 aromatic rings. The average Bonchev–Trinajstić information content (AvgIpc) is 2.44. The maximum Gasteiger partial charge on any atom is 0.418 e. The van der Waals surface area contributed by atoms with E-state index >= 15 is 0 Å². The first-order valence-corrected chi connectivity index (χ1v) is 6.10. The summed E-state index contributed by atoms with van der Waals surface area (Å²) in [6, 6.07) is 4.34. The molecule has 0 bridgehead atoms. The number of benzene rings is 2. The Bertz CT molecular complexity index is 723. The van der Waals surface area contributed by atoms with E-state index in [-0.39, 0.29) is 5.69 Å². The van der Waals surface area contributed by atoms with Crippen molar-refractivity contribution in [1.82, 2.24) is 0 Å². The van der Waals surface area contributed by atoms with Crippen LogP contribution in [-0.4, -0.2) is 11.1 Å². The van der Waals surface area contributed by atoms with Crippen LogP contribution in [0.15, 0.2) is 36.4 Å². The molecular formula is C14H9F5N2O2. The lowest BCUT2D eigenvalue weighted by Gasteiger charge is -2.14. The number of rotatable bonds is 2. The number of hydrogen-bond acceptors (Lipinski definition) is 2. The van der Waals surface area contributed by atoms with Crippen LogP contribution in [0.2, 0.25) is 0 Å². The number of carbonyl (C=O) groups excluding carboxylic acids is 1. The highest BCUT2D eigenvalue weighted by Crippen LogP contribution is 2.34. The number of para-hydroxylation sites is 1. The summed E-state index contributed by atoms with van der Waals surface area (Å²) in [5.74, 6) is -3.87. The van der Waals surface area contributed by atoms with Gasteiger partial charge in [0, 0.05) is 17.8 Å². The molecule has 0 saturated heterocycles. The molecule has 2 rings (SSSR count). The number of amides is 2. The number of alkyl halides is 3. The van der Waals surface area contributed by atoms with Crippen LogP contribution in [0.4, 0.5) is 38.1 Å². The van der Waals surface area contributed by atoms with Crippen molar-refractivity contribution in [3.8, 4) is 5.75 Å². The Hall–Kier alpha value is -2.84. The third-order valence-corrected chi connectivity index (χ3v) is 2.76. The molecule has 2 aromatic carbocycles. The zero-order valence-corrected chi connectivity index (χ0v) is 11.2. The molecule has 0 atom stereocenters. The molecule has 0 aromatic heterocycles. The fourth-order valence-electron chi connectivity index (χ4n) is 1.76. The Morgan fingerprint density at radius 2 is 1.57 bits per heavy atom. The Kier molecular flexibility index (Phi) is 4.39. The minimum Gasteiger partial charge on any atom is -0.503 e. The van der Waals surface area contributed by atoms with Crippen LogP contribution < -0.4 is 10.6 Å². The Labute approximate surface area is 126 Å². The van der Waals surface area contributed by atoms with Gasteiger partial charge in [-0.3, -0.25) is 0 Å². The van der Waals surface area contributed by atoms with Crippen molar-refractivity contribution in [2.24, 2.45) is 0 Å². The second-order valence-electron chi connectivity index (χ2n) is 4.41. The van der Waals surface area contributed by atoms with Gasteiger partial charge in [0.2, 0.25) is 0 Å². The first-order chi connectivity index (χ1) is 10.7. The summed E-state index contributed by atoms with van der Waals surface area (Å²) in [4.78, 5) is 11.7. The molecule has 122 valence electrons. The van der Waals surface area contributed by atoms with Crippen LogP contribution in [0.3, 0.4) is 0 Å². The van der Waals surface area contributed by atoms with Crippen molar-refractivity contribution in [1.29, 1.82) is 0 Å². The molecule has 0 aliphatic carbocycles. The van der Waals surface area contributed by atoms with E-state index in [9.17, 15) is 26.7 Å². The van der Waals surface area contributed by atoms with E-state index in [0.717, 1.165) is 18.2 Å². The van der Waals surface area contributed by atoms with Gasteiger partial charge in [-0.25, -0.2) is 13.6 Å². The second-order valence-corrected chi connectivity index (χ2v) is 4.41. The van der Waals surface area contributed by atoms with Crippen molar-refractivity contribution < 1.29 is 31.9 Å². The summed E-state index contributed by atoms with van der Waals surface area (Å²) < 4.78 is 64.6. The fourth-order valence-corrected chi connectivity index (χ4v) is 1.76. The minimum atomic E-state index is -4.68. The number of anilines is 2. The molecular weight excluding hydrogens is 323 g/mol. The van der Waals surface area contributed by atoms with Crippen LogP contribution in [0.1, 0.15) is 5.56 Å². The van der Waals surface area contributed by atoms with Gasteiger partial charge in [0.1, 0.15) is 0 Å². The molecule has 0 aliphatic rings. The predicted molar refractivity (Wildman–Crippen MR) is 72.1 cm³/mol. The van der Waals surface area contributed by atoms with Crippen LogP contribution in [-0.2, 0) is 6.18 Å². The number of urea groups is 1. The topological polar surface area (TPSA) is 61.4 Å². The monoisotopic (exact) mass is 332 g/mol. The van der Waals surface area contributed by atoms with Gasteiger partial charge < -0.3 is 15.7 Å². The Balaban J connectivity index is 2.18. The quantitative estimate of drug-likeness (QED) is 0.566. The SMILES string of the molecule is O=C(Nc1cc(F)c(O)c(F)c1)Nc1ccccc1C(F)(F)F. The molecule has 0 saturated carbocycles. The highest BCUT2D eigenvalue weighted by molar-refractivity contribution is 6.00. The van der Waals surface area contributed by atoms with E-state index in [1.165, 1.54) is 6.07 Å². The maximum atomic E-state index is 13.1. The predicted octanol–water partition coefficient (Wildman–Crippen LogP) is 4.33. The largest absolute Gasteiger partial charge is 0.503 e. The summed E-state index contributed by atoms with van der Waals surface area (Å²) in [5.41, 5.74) is -1.96. The summed E-state index contributed by atoms with van der Waals surface area (Å²) >= 11 is 0. The zero-order chi connectivity index (χ0) is 17.2. The number of halogens is 5. The lowest BCUT2D eigenvalue weighted by molar-refractivity contribution is -0.136. The third kappa shape index (κ3) is 3.87. The van der Waals surface area contributed by atoms with Crippen LogP contribution in [0, 0.1) is 11.6 Å². The second kappa shape index (κ2) is 6.11. The van der Waals surface area contributed by atoms with Gasteiger partial charge >= 0.3 is 12.2 Å². The first kappa shape index (κ1) is 16.5. The molecule has 0 unspecified atom stereocenters. The first-order valence-electron chi connectivity index (χ1n) is 6.10. The fraction of sp³-hybridized carbons (Fsp3) is 0.0714. The van der Waals surface area contributed by atoms with Crippen molar-refractivity contribution in [2.45, 2.75) is 6.18 Å². The van der Waals surface area contributed by atoms with E-state index in [4.69, 9.17) is 5.11 Å². The van der Waals surface area contributed by atoms with Gasteiger partial charge in [-0.2, -0.15) is 13.2 Å². The average molecular weight is 332 g/mol. The highest BCUT2D eigenvalue weighted by atomic mass is 19.4. The molecule has 4 nitrogen and oxygen atoms in total. The van der Waals surface area contributed by atoms with Gasteiger partial charge in [-0.05, 0) is 12.1 Å². The van der Waals surface area contributed by atoms with Gasteiger partial charge in [-0.15, -0.1) is 0 Å². The summed E-state index contributed by atoms with van der Waals surface area (Å²) in [6.07, 6.45) is -4.68. The van der Waals surface area contributed by atoms with Crippen LogP contribution in [0.25, 0.3) is 0 Å². The van der Waals surface area contributed by atoms with Crippen LogP contribution >= 0.6 is 0 Å². The molecule has 3 N–H and O–H groups in total. The molecule has 9 heteroatoms. The number of carbonyl (C=O) groups is 1. The Morgan fingerprint density at radius 1 is 1.00 bits per heavy atom. The minimum absolute atomic E-state index is 0.375. The number of nitrogens with one attached hydrogen (secondary N) is 2. The summed E-state index contributed by atoms with van der Waals surface area (Å²) in [6.45, 7) is 0. The van der Waals surface area contributed by atoms with E-state index in [1.54, 1.807) is 0 Å². The van der Waals surface area contributed by atoms with Crippen molar-refractivity contribution in [3.63, 3.8) is 0 Å². The molecule has 23 heavy (non-hydrogen) atoms. The van der Waals surface area contributed by atoms with Gasteiger partial charge in [0.15, 0.2) is 17.4 Å². The van der Waals surface area contributed by atoms with Gasteiger partial charge in [-0.1, -0.05) is 12.1 Å². The van der Waals surface area contributed by atoms with Gasteiger partial charge in [0.05, 0.1) is 11.3 Å². The van der Waals surface area contributed by atoms with Gasteiger partial charge in [0.25, 0.3) is 0 Å². The zero-order valence-electron chi connectivity index (χ0n) is 11.2. The molecule has 2 amide bonds. The van der Waals surface area contributed by atoms with Crippen LogP contribution in [0.5, 0.6) is 5.75 Å². The molecule has 0 radical (unpaired) electrons. The highest BCUT2D eigenvalue weighted by Gasteiger charge is 2.33. The maximum absolute atomic E-state index is 13.1. The normalized spacial score (nSPS) is 11.2. The molecule has 0 heterocycles. The lowest BCUT2D eigenvalue weighted by Crippen LogP contribution is -2.22. The lowest BCUT2D eigenvalue weighted by atomic mass is 10.1. The molecule has 0 fully saturated rings. The smallest absolute Gasteiger partial charge is 0.418 e. The van der Waals surface area contributed by atoms with Crippen molar-refractivity contribution in [3.05, 3.63) is 53.6 Å².